The number of hydrogen-bond donors (Lipinski definition) is 0. The van der Waals surface area contributed by atoms with Gasteiger partial charge in [0.05, 0.1) is 4.92 Å². The van der Waals surface area contributed by atoms with Crippen molar-refractivity contribution in [2.75, 3.05) is 11.4 Å². The topological polar surface area (TPSA) is 63.5 Å². The Bertz CT molecular complexity index is 746. The molecule has 0 saturated heterocycles. The maximum absolute atomic E-state index is 12.8. The number of carbonyl (C=O) groups excluding carboxylic acids is 1. The second-order valence-electron chi connectivity index (χ2n) is 5.22. The van der Waals surface area contributed by atoms with Gasteiger partial charge in [0.25, 0.3) is 11.6 Å². The molecular weight excluding hydrogens is 316 g/mol. The lowest BCUT2D eigenvalue weighted by molar-refractivity contribution is -0.384. The fourth-order valence-electron chi connectivity index (χ4n) is 2.31. The number of nitro groups is 1. The van der Waals surface area contributed by atoms with Crippen LogP contribution in [0.25, 0.3) is 0 Å². The van der Waals surface area contributed by atoms with Gasteiger partial charge in [0.1, 0.15) is 5.02 Å². The highest BCUT2D eigenvalue weighted by Crippen LogP contribution is 2.27. The summed E-state index contributed by atoms with van der Waals surface area (Å²) in [7, 11) is 0. The fraction of sp³-hybridized carbons (Fsp3) is 0.235. The molecule has 2 aromatic carbocycles. The summed E-state index contributed by atoms with van der Waals surface area (Å²) in [6.45, 7) is 4.45. The first-order chi connectivity index (χ1) is 10.9. The SMILES string of the molecule is CCCN(C(=O)c1ccc(Cl)c([N+](=O)[O-])c1)c1cccc(C)c1. The number of amides is 1. The van der Waals surface area contributed by atoms with Crippen molar-refractivity contribution in [3.05, 3.63) is 68.7 Å². The Morgan fingerprint density at radius 1 is 1.26 bits per heavy atom. The molecule has 23 heavy (non-hydrogen) atoms. The Morgan fingerprint density at radius 3 is 2.61 bits per heavy atom. The van der Waals surface area contributed by atoms with Crippen LogP contribution in [0, 0.1) is 17.0 Å². The molecule has 0 aromatic heterocycles. The third-order valence-corrected chi connectivity index (χ3v) is 3.72. The van der Waals surface area contributed by atoms with E-state index in [9.17, 15) is 14.9 Å². The van der Waals surface area contributed by atoms with E-state index in [1.165, 1.54) is 18.2 Å². The lowest BCUT2D eigenvalue weighted by Gasteiger charge is -2.22. The number of carbonyl (C=O) groups is 1. The molecule has 0 saturated carbocycles. The molecule has 5 nitrogen and oxygen atoms in total. The Hall–Kier alpha value is -2.40. The van der Waals surface area contributed by atoms with Crippen molar-refractivity contribution >= 4 is 28.9 Å². The van der Waals surface area contributed by atoms with Gasteiger partial charge in [0.15, 0.2) is 0 Å². The zero-order valence-corrected chi connectivity index (χ0v) is 13.7. The number of aryl methyl sites for hydroxylation is 1. The zero-order valence-electron chi connectivity index (χ0n) is 13.0. The molecule has 0 aliphatic rings. The summed E-state index contributed by atoms with van der Waals surface area (Å²) in [5.41, 5.74) is 1.79. The van der Waals surface area contributed by atoms with E-state index >= 15 is 0 Å². The van der Waals surface area contributed by atoms with Gasteiger partial charge in [0.2, 0.25) is 0 Å². The summed E-state index contributed by atoms with van der Waals surface area (Å²) in [6, 6.07) is 11.7. The highest BCUT2D eigenvalue weighted by atomic mass is 35.5. The van der Waals surface area contributed by atoms with Gasteiger partial charge in [-0.05, 0) is 43.2 Å². The highest BCUT2D eigenvalue weighted by Gasteiger charge is 2.21. The largest absolute Gasteiger partial charge is 0.308 e. The normalized spacial score (nSPS) is 10.4. The molecule has 2 aromatic rings. The molecule has 2 rings (SSSR count). The number of nitro benzene ring substituents is 1. The van der Waals surface area contributed by atoms with Crippen molar-refractivity contribution < 1.29 is 9.72 Å². The quantitative estimate of drug-likeness (QED) is 0.593. The maximum Gasteiger partial charge on any atom is 0.288 e. The van der Waals surface area contributed by atoms with E-state index in [1.807, 2.05) is 38.1 Å². The molecule has 6 heteroatoms. The fourth-order valence-corrected chi connectivity index (χ4v) is 2.50. The predicted octanol–water partition coefficient (Wildman–Crippen LogP) is 4.61. The highest BCUT2D eigenvalue weighted by molar-refractivity contribution is 6.32. The third kappa shape index (κ3) is 3.87. The minimum Gasteiger partial charge on any atom is -0.308 e. The van der Waals surface area contributed by atoms with E-state index in [4.69, 9.17) is 11.6 Å². The minimum atomic E-state index is -0.587. The zero-order chi connectivity index (χ0) is 17.0. The molecule has 0 bridgehead atoms. The van der Waals surface area contributed by atoms with Crippen LogP contribution in [0.2, 0.25) is 5.02 Å². The predicted molar refractivity (Wildman–Crippen MR) is 91.3 cm³/mol. The Labute approximate surface area is 139 Å². The third-order valence-electron chi connectivity index (χ3n) is 3.40. The summed E-state index contributed by atoms with van der Waals surface area (Å²) in [6.07, 6.45) is 0.773. The van der Waals surface area contributed by atoms with Crippen molar-refractivity contribution in [1.29, 1.82) is 0 Å². The Kier molecular flexibility index (Phi) is 5.34. The summed E-state index contributed by atoms with van der Waals surface area (Å²) in [5, 5.41) is 11.0. The molecule has 0 spiro atoms. The van der Waals surface area contributed by atoms with Gasteiger partial charge >= 0.3 is 0 Å². The number of halogens is 1. The average molecular weight is 333 g/mol. The summed E-state index contributed by atoms with van der Waals surface area (Å²) in [4.78, 5) is 24.8. The van der Waals surface area contributed by atoms with E-state index in [0.29, 0.717) is 6.54 Å². The summed E-state index contributed by atoms with van der Waals surface area (Å²) < 4.78 is 0. The number of rotatable bonds is 5. The lowest BCUT2D eigenvalue weighted by atomic mass is 10.1. The van der Waals surface area contributed by atoms with Gasteiger partial charge < -0.3 is 4.90 Å². The molecule has 0 unspecified atom stereocenters. The van der Waals surface area contributed by atoms with Gasteiger partial charge in [-0.25, -0.2) is 0 Å². The molecule has 0 aliphatic heterocycles. The van der Waals surface area contributed by atoms with Crippen molar-refractivity contribution in [2.45, 2.75) is 20.3 Å². The number of nitrogens with zero attached hydrogens (tertiary/aromatic N) is 2. The lowest BCUT2D eigenvalue weighted by Crippen LogP contribution is -2.31. The van der Waals surface area contributed by atoms with Crippen molar-refractivity contribution in [2.24, 2.45) is 0 Å². The Balaban J connectivity index is 2.42. The first-order valence-corrected chi connectivity index (χ1v) is 7.64. The van der Waals surface area contributed by atoms with Crippen LogP contribution in [-0.4, -0.2) is 17.4 Å². The molecule has 0 atom stereocenters. The van der Waals surface area contributed by atoms with E-state index < -0.39 is 4.92 Å². The van der Waals surface area contributed by atoms with Crippen LogP contribution in [0.4, 0.5) is 11.4 Å². The van der Waals surface area contributed by atoms with Crippen molar-refractivity contribution in [3.8, 4) is 0 Å². The van der Waals surface area contributed by atoms with Gasteiger partial charge in [-0.15, -0.1) is 0 Å². The Morgan fingerprint density at radius 2 is 2.00 bits per heavy atom. The van der Waals surface area contributed by atoms with Crippen molar-refractivity contribution in [3.63, 3.8) is 0 Å². The summed E-state index contributed by atoms with van der Waals surface area (Å²) in [5.74, 6) is -0.280. The molecule has 0 radical (unpaired) electrons. The molecule has 0 fully saturated rings. The van der Waals surface area contributed by atoms with Crippen LogP contribution in [-0.2, 0) is 0 Å². The van der Waals surface area contributed by atoms with Gasteiger partial charge in [-0.2, -0.15) is 0 Å². The second kappa shape index (κ2) is 7.24. The van der Waals surface area contributed by atoms with E-state index in [1.54, 1.807) is 4.90 Å². The molecular formula is C17H17ClN2O3. The van der Waals surface area contributed by atoms with Crippen LogP contribution >= 0.6 is 11.6 Å². The van der Waals surface area contributed by atoms with E-state index in [2.05, 4.69) is 0 Å². The first kappa shape index (κ1) is 17.0. The first-order valence-electron chi connectivity index (χ1n) is 7.26. The van der Waals surface area contributed by atoms with Crippen molar-refractivity contribution in [1.82, 2.24) is 0 Å². The van der Waals surface area contributed by atoms with Gasteiger partial charge in [0, 0.05) is 23.9 Å². The average Bonchev–Trinajstić information content (AvgIpc) is 2.52. The smallest absolute Gasteiger partial charge is 0.288 e. The monoisotopic (exact) mass is 332 g/mol. The summed E-state index contributed by atoms with van der Waals surface area (Å²) >= 11 is 5.81. The second-order valence-corrected chi connectivity index (χ2v) is 5.63. The van der Waals surface area contributed by atoms with E-state index in [-0.39, 0.29) is 22.2 Å². The number of benzene rings is 2. The van der Waals surface area contributed by atoms with Crippen LogP contribution in [0.3, 0.4) is 0 Å². The number of hydrogen-bond acceptors (Lipinski definition) is 3. The van der Waals surface area contributed by atoms with Crippen LogP contribution in [0.1, 0.15) is 29.3 Å². The molecule has 0 N–H and O–H groups in total. The van der Waals surface area contributed by atoms with Gasteiger partial charge in [-0.3, -0.25) is 14.9 Å². The standard InChI is InChI=1S/C17H17ClN2O3/c1-3-9-19(14-6-4-5-12(2)10-14)17(21)13-7-8-15(18)16(11-13)20(22)23/h4-8,10-11H,3,9H2,1-2H3. The molecule has 0 aliphatic carbocycles. The maximum atomic E-state index is 12.8. The van der Waals surface area contributed by atoms with Crippen LogP contribution < -0.4 is 4.90 Å². The van der Waals surface area contributed by atoms with Crippen LogP contribution in [0.15, 0.2) is 42.5 Å². The number of anilines is 1. The molecule has 120 valence electrons. The van der Waals surface area contributed by atoms with Gasteiger partial charge in [-0.1, -0.05) is 30.7 Å². The van der Waals surface area contributed by atoms with E-state index in [0.717, 1.165) is 17.7 Å². The molecule has 1 amide bonds. The minimum absolute atomic E-state index is 0.0177. The molecule has 0 heterocycles. The van der Waals surface area contributed by atoms with Crippen LogP contribution in [0.5, 0.6) is 0 Å².